The van der Waals surface area contributed by atoms with Gasteiger partial charge in [-0.05, 0) is 37.5 Å². The summed E-state index contributed by atoms with van der Waals surface area (Å²) in [4.78, 5) is 11.2. The van der Waals surface area contributed by atoms with Crippen molar-refractivity contribution in [3.8, 4) is 6.07 Å². The third kappa shape index (κ3) is 2.17. The van der Waals surface area contributed by atoms with Crippen LogP contribution in [0.3, 0.4) is 0 Å². The summed E-state index contributed by atoms with van der Waals surface area (Å²) in [5.74, 6) is -0.743. The predicted molar refractivity (Wildman–Crippen MR) is 68.3 cm³/mol. The van der Waals surface area contributed by atoms with Gasteiger partial charge in [0.1, 0.15) is 6.07 Å². The van der Waals surface area contributed by atoms with Gasteiger partial charge in [-0.3, -0.25) is 4.79 Å². The standard InChI is InChI=1S/C14H16N2O2/c1-10-3-4-11(8-15)12(7-10)16-9-14(13(17)18)5-2-6-14/h3-4,7,16H,2,5-6,9H2,1H3,(H,17,18). The molecule has 1 saturated carbocycles. The van der Waals surface area contributed by atoms with E-state index in [4.69, 9.17) is 5.26 Å². The third-order valence-corrected chi connectivity index (χ3v) is 3.68. The second-order valence-electron chi connectivity index (χ2n) is 4.95. The van der Waals surface area contributed by atoms with Crippen molar-refractivity contribution in [2.75, 3.05) is 11.9 Å². The first-order valence-corrected chi connectivity index (χ1v) is 6.05. The fraction of sp³-hybridized carbons (Fsp3) is 0.429. The molecular formula is C14H16N2O2. The van der Waals surface area contributed by atoms with E-state index < -0.39 is 11.4 Å². The van der Waals surface area contributed by atoms with Crippen LogP contribution in [0.15, 0.2) is 18.2 Å². The topological polar surface area (TPSA) is 73.1 Å². The fourth-order valence-electron chi connectivity index (χ4n) is 2.24. The largest absolute Gasteiger partial charge is 0.481 e. The highest BCUT2D eigenvalue weighted by Crippen LogP contribution is 2.41. The molecule has 0 aliphatic heterocycles. The van der Waals surface area contributed by atoms with Crippen LogP contribution >= 0.6 is 0 Å². The van der Waals surface area contributed by atoms with E-state index in [1.807, 2.05) is 19.1 Å². The normalized spacial score (nSPS) is 16.4. The molecule has 94 valence electrons. The Hall–Kier alpha value is -2.02. The molecule has 1 aliphatic carbocycles. The molecule has 2 rings (SSSR count). The van der Waals surface area contributed by atoms with Crippen LogP contribution in [-0.2, 0) is 4.79 Å². The van der Waals surface area contributed by atoms with Gasteiger partial charge in [0.2, 0.25) is 0 Å². The zero-order chi connectivity index (χ0) is 13.2. The lowest BCUT2D eigenvalue weighted by Crippen LogP contribution is -2.43. The van der Waals surface area contributed by atoms with Crippen LogP contribution in [0.4, 0.5) is 5.69 Å². The van der Waals surface area contributed by atoms with E-state index in [1.54, 1.807) is 6.07 Å². The zero-order valence-corrected chi connectivity index (χ0v) is 10.4. The lowest BCUT2D eigenvalue weighted by Gasteiger charge is -2.38. The van der Waals surface area contributed by atoms with E-state index in [0.717, 1.165) is 17.7 Å². The average Bonchev–Trinajstić information content (AvgIpc) is 2.27. The molecule has 0 atom stereocenters. The van der Waals surface area contributed by atoms with Gasteiger partial charge in [-0.15, -0.1) is 0 Å². The Labute approximate surface area is 106 Å². The number of anilines is 1. The summed E-state index contributed by atoms with van der Waals surface area (Å²) in [5, 5.41) is 21.4. The third-order valence-electron chi connectivity index (χ3n) is 3.68. The van der Waals surface area contributed by atoms with Crippen molar-refractivity contribution in [2.24, 2.45) is 5.41 Å². The highest BCUT2D eigenvalue weighted by Gasteiger charge is 2.44. The van der Waals surface area contributed by atoms with Crippen LogP contribution in [0.1, 0.15) is 30.4 Å². The number of nitrogens with one attached hydrogen (secondary N) is 1. The summed E-state index contributed by atoms with van der Waals surface area (Å²) >= 11 is 0. The summed E-state index contributed by atoms with van der Waals surface area (Å²) in [7, 11) is 0. The van der Waals surface area contributed by atoms with Gasteiger partial charge in [0.25, 0.3) is 0 Å². The number of carboxylic acids is 1. The first-order valence-electron chi connectivity index (χ1n) is 6.05. The molecule has 0 radical (unpaired) electrons. The first-order chi connectivity index (χ1) is 8.57. The Balaban J connectivity index is 2.13. The van der Waals surface area contributed by atoms with Crippen LogP contribution in [0.2, 0.25) is 0 Å². The second kappa shape index (κ2) is 4.69. The molecule has 0 amide bonds. The summed E-state index contributed by atoms with van der Waals surface area (Å²) < 4.78 is 0. The van der Waals surface area contributed by atoms with Crippen molar-refractivity contribution in [2.45, 2.75) is 26.2 Å². The molecule has 0 unspecified atom stereocenters. The minimum absolute atomic E-state index is 0.389. The summed E-state index contributed by atoms with van der Waals surface area (Å²) in [6.45, 7) is 2.34. The molecule has 1 fully saturated rings. The Morgan fingerprint density at radius 2 is 2.28 bits per heavy atom. The van der Waals surface area contributed by atoms with Crippen LogP contribution in [0, 0.1) is 23.7 Å². The van der Waals surface area contributed by atoms with E-state index in [0.29, 0.717) is 24.9 Å². The van der Waals surface area contributed by atoms with Gasteiger partial charge < -0.3 is 10.4 Å². The maximum atomic E-state index is 11.2. The van der Waals surface area contributed by atoms with Crippen molar-refractivity contribution in [1.29, 1.82) is 5.26 Å². The number of aliphatic carboxylic acids is 1. The van der Waals surface area contributed by atoms with E-state index in [-0.39, 0.29) is 0 Å². The summed E-state index contributed by atoms with van der Waals surface area (Å²) in [5.41, 5.74) is 1.69. The van der Waals surface area contributed by atoms with Crippen molar-refractivity contribution in [1.82, 2.24) is 0 Å². The molecule has 1 aromatic carbocycles. The average molecular weight is 244 g/mol. The molecule has 0 heterocycles. The van der Waals surface area contributed by atoms with Crippen molar-refractivity contribution < 1.29 is 9.90 Å². The molecule has 1 aromatic rings. The molecule has 18 heavy (non-hydrogen) atoms. The number of hydrogen-bond acceptors (Lipinski definition) is 3. The zero-order valence-electron chi connectivity index (χ0n) is 10.4. The highest BCUT2D eigenvalue weighted by molar-refractivity contribution is 5.77. The SMILES string of the molecule is Cc1ccc(C#N)c(NCC2(C(=O)O)CCC2)c1. The van der Waals surface area contributed by atoms with Crippen LogP contribution < -0.4 is 5.32 Å². The maximum absolute atomic E-state index is 11.2. The number of carboxylic acid groups (broad SMARTS) is 1. The number of rotatable bonds is 4. The van der Waals surface area contributed by atoms with E-state index >= 15 is 0 Å². The Kier molecular flexibility index (Phi) is 3.24. The van der Waals surface area contributed by atoms with Gasteiger partial charge in [0, 0.05) is 6.54 Å². The predicted octanol–water partition coefficient (Wildman–Crippen LogP) is 2.53. The van der Waals surface area contributed by atoms with Crippen molar-refractivity contribution >= 4 is 11.7 Å². The smallest absolute Gasteiger partial charge is 0.311 e. The number of benzene rings is 1. The number of nitrogens with zero attached hydrogens (tertiary/aromatic N) is 1. The second-order valence-corrected chi connectivity index (χ2v) is 4.95. The molecule has 0 bridgehead atoms. The number of nitriles is 1. The maximum Gasteiger partial charge on any atom is 0.311 e. The minimum atomic E-state index is -0.743. The molecule has 4 nitrogen and oxygen atoms in total. The Morgan fingerprint density at radius 1 is 1.56 bits per heavy atom. The van der Waals surface area contributed by atoms with E-state index in [2.05, 4.69) is 11.4 Å². The van der Waals surface area contributed by atoms with E-state index in [1.165, 1.54) is 0 Å². The molecule has 0 spiro atoms. The van der Waals surface area contributed by atoms with Gasteiger partial charge >= 0.3 is 5.97 Å². The minimum Gasteiger partial charge on any atom is -0.481 e. The summed E-state index contributed by atoms with van der Waals surface area (Å²) in [6, 6.07) is 7.63. The monoisotopic (exact) mass is 244 g/mol. The van der Waals surface area contributed by atoms with Gasteiger partial charge in [-0.25, -0.2) is 0 Å². The number of carbonyl (C=O) groups is 1. The molecule has 2 N–H and O–H groups in total. The van der Waals surface area contributed by atoms with Crippen LogP contribution in [0.5, 0.6) is 0 Å². The number of aryl methyl sites for hydroxylation is 1. The lowest BCUT2D eigenvalue weighted by atomic mass is 9.69. The van der Waals surface area contributed by atoms with Gasteiger partial charge in [-0.1, -0.05) is 12.5 Å². The quantitative estimate of drug-likeness (QED) is 0.853. The molecule has 0 saturated heterocycles. The number of hydrogen-bond donors (Lipinski definition) is 2. The van der Waals surface area contributed by atoms with Crippen molar-refractivity contribution in [3.63, 3.8) is 0 Å². The summed E-state index contributed by atoms with van der Waals surface area (Å²) in [6.07, 6.45) is 2.39. The van der Waals surface area contributed by atoms with Crippen LogP contribution in [-0.4, -0.2) is 17.6 Å². The Morgan fingerprint density at radius 3 is 2.78 bits per heavy atom. The highest BCUT2D eigenvalue weighted by atomic mass is 16.4. The van der Waals surface area contributed by atoms with Gasteiger partial charge in [0.05, 0.1) is 16.7 Å². The van der Waals surface area contributed by atoms with Crippen molar-refractivity contribution in [3.05, 3.63) is 29.3 Å². The molecular weight excluding hydrogens is 228 g/mol. The van der Waals surface area contributed by atoms with Gasteiger partial charge in [0.15, 0.2) is 0 Å². The fourth-order valence-corrected chi connectivity index (χ4v) is 2.24. The molecule has 0 aromatic heterocycles. The molecule has 1 aliphatic rings. The van der Waals surface area contributed by atoms with Crippen LogP contribution in [0.25, 0.3) is 0 Å². The first kappa shape index (κ1) is 12.4. The Bertz CT molecular complexity index is 513. The lowest BCUT2D eigenvalue weighted by molar-refractivity contribution is -0.153. The van der Waals surface area contributed by atoms with E-state index in [9.17, 15) is 9.90 Å². The molecule has 4 heteroatoms. The van der Waals surface area contributed by atoms with Gasteiger partial charge in [-0.2, -0.15) is 5.26 Å².